The van der Waals surface area contributed by atoms with Crippen LogP contribution in [0.25, 0.3) is 0 Å². The van der Waals surface area contributed by atoms with Crippen molar-refractivity contribution in [2.24, 2.45) is 0 Å². The molecule has 4 N–H and O–H groups in total. The van der Waals surface area contributed by atoms with Gasteiger partial charge in [0.15, 0.2) is 12.4 Å². The van der Waals surface area contributed by atoms with Crippen molar-refractivity contribution in [1.29, 1.82) is 0 Å². The smallest absolute Gasteiger partial charge is 0.335 e. The Hall–Kier alpha value is -0.730. The van der Waals surface area contributed by atoms with Crippen molar-refractivity contribution in [1.82, 2.24) is 0 Å². The lowest BCUT2D eigenvalue weighted by atomic mass is 9.99. The van der Waals surface area contributed by atoms with E-state index in [0.29, 0.717) is 0 Å². The predicted octanol–water partition coefficient (Wildman–Crippen LogP) is -2.47. The van der Waals surface area contributed by atoms with E-state index in [9.17, 15) is 20.1 Å². The molecule has 0 aromatic carbocycles. The maximum Gasteiger partial charge on any atom is 0.335 e. The Labute approximate surface area is 79.5 Å². The van der Waals surface area contributed by atoms with Crippen molar-refractivity contribution in [2.75, 3.05) is 7.11 Å². The molecule has 14 heavy (non-hydrogen) atoms. The molecule has 0 saturated carbocycles. The Kier molecular flexibility index (Phi) is 3.40. The molecule has 7 nitrogen and oxygen atoms in total. The third kappa shape index (κ3) is 1.86. The second-order valence-electron chi connectivity index (χ2n) is 2.97. The predicted molar refractivity (Wildman–Crippen MR) is 41.3 cm³/mol. The topological polar surface area (TPSA) is 116 Å². The number of hydrogen-bond acceptors (Lipinski definition) is 6. The highest BCUT2D eigenvalue weighted by Crippen LogP contribution is 2.21. The molecule has 1 heterocycles. The Balaban J connectivity index is 2.78. The summed E-state index contributed by atoms with van der Waals surface area (Å²) in [5.41, 5.74) is 0. The van der Waals surface area contributed by atoms with Crippen molar-refractivity contribution in [3.05, 3.63) is 0 Å². The summed E-state index contributed by atoms with van der Waals surface area (Å²) in [7, 11) is 1.19. The van der Waals surface area contributed by atoms with Crippen LogP contribution in [0, 0.1) is 0 Å². The van der Waals surface area contributed by atoms with E-state index in [1.54, 1.807) is 0 Å². The normalized spacial score (nSPS) is 43.6. The lowest BCUT2D eigenvalue weighted by Crippen LogP contribution is -2.60. The third-order valence-electron chi connectivity index (χ3n) is 2.05. The number of aliphatic carboxylic acids is 1. The molecule has 7 heteroatoms. The van der Waals surface area contributed by atoms with Crippen LogP contribution in [0.2, 0.25) is 0 Å². The highest BCUT2D eigenvalue weighted by Gasteiger charge is 2.46. The monoisotopic (exact) mass is 208 g/mol. The molecule has 1 rings (SSSR count). The van der Waals surface area contributed by atoms with Gasteiger partial charge in [-0.3, -0.25) is 0 Å². The van der Waals surface area contributed by atoms with Crippen LogP contribution in [0.1, 0.15) is 0 Å². The first kappa shape index (κ1) is 11.3. The van der Waals surface area contributed by atoms with E-state index < -0.39 is 36.7 Å². The summed E-state index contributed by atoms with van der Waals surface area (Å²) < 4.78 is 9.31. The fourth-order valence-corrected chi connectivity index (χ4v) is 1.25. The van der Waals surface area contributed by atoms with Crippen LogP contribution in [0.3, 0.4) is 0 Å². The van der Waals surface area contributed by atoms with Crippen molar-refractivity contribution < 1.29 is 34.7 Å². The van der Waals surface area contributed by atoms with E-state index >= 15 is 0 Å². The van der Waals surface area contributed by atoms with Crippen LogP contribution in [0.5, 0.6) is 0 Å². The second kappa shape index (κ2) is 4.20. The molecule has 0 aliphatic carbocycles. The number of rotatable bonds is 2. The molecular weight excluding hydrogens is 196 g/mol. The lowest BCUT2D eigenvalue weighted by Gasteiger charge is -2.37. The van der Waals surface area contributed by atoms with Gasteiger partial charge in [-0.1, -0.05) is 0 Å². The van der Waals surface area contributed by atoms with Crippen molar-refractivity contribution >= 4 is 5.97 Å². The average Bonchev–Trinajstić information content (AvgIpc) is 2.14. The second-order valence-corrected chi connectivity index (χ2v) is 2.97. The molecule has 0 bridgehead atoms. The zero-order chi connectivity index (χ0) is 10.9. The van der Waals surface area contributed by atoms with Crippen LogP contribution in [0.15, 0.2) is 0 Å². The zero-order valence-electron chi connectivity index (χ0n) is 7.40. The number of aliphatic hydroxyl groups is 3. The van der Waals surface area contributed by atoms with Crippen LogP contribution in [-0.2, 0) is 14.3 Å². The first-order valence-corrected chi connectivity index (χ1v) is 3.94. The molecule has 82 valence electrons. The van der Waals surface area contributed by atoms with E-state index in [0.717, 1.165) is 0 Å². The molecule has 1 aliphatic rings. The standard InChI is InChI=1S/C7H12O7/c1-13-7-4(10)2(8)3(9)5(14-7)6(11)12/h2-5,7-10H,1H3,(H,11,12)/t2?,3-,4?,5?,7-/m1/s1. The lowest BCUT2D eigenvalue weighted by molar-refractivity contribution is -0.287. The summed E-state index contributed by atoms with van der Waals surface area (Å²) >= 11 is 0. The molecular formula is C7H12O7. The van der Waals surface area contributed by atoms with Crippen molar-refractivity contribution in [3.63, 3.8) is 0 Å². The third-order valence-corrected chi connectivity index (χ3v) is 2.05. The number of carbonyl (C=O) groups is 1. The van der Waals surface area contributed by atoms with Gasteiger partial charge in [0, 0.05) is 7.11 Å². The number of hydrogen-bond donors (Lipinski definition) is 4. The Morgan fingerprint density at radius 2 is 1.79 bits per heavy atom. The van der Waals surface area contributed by atoms with Crippen molar-refractivity contribution in [3.8, 4) is 0 Å². The van der Waals surface area contributed by atoms with Gasteiger partial charge in [0.1, 0.15) is 18.3 Å². The molecule has 1 fully saturated rings. The molecule has 0 aromatic rings. The Bertz CT molecular complexity index is 216. The highest BCUT2D eigenvalue weighted by molar-refractivity contribution is 5.73. The molecule has 3 unspecified atom stereocenters. The maximum absolute atomic E-state index is 10.5. The molecule has 0 spiro atoms. The van der Waals surface area contributed by atoms with Crippen LogP contribution < -0.4 is 0 Å². The summed E-state index contributed by atoms with van der Waals surface area (Å²) in [6, 6.07) is 0. The van der Waals surface area contributed by atoms with Gasteiger partial charge in [0.2, 0.25) is 0 Å². The van der Waals surface area contributed by atoms with E-state index in [-0.39, 0.29) is 0 Å². The number of aliphatic hydroxyl groups excluding tert-OH is 3. The summed E-state index contributed by atoms with van der Waals surface area (Å²) in [5.74, 6) is -1.43. The van der Waals surface area contributed by atoms with Gasteiger partial charge in [0.25, 0.3) is 0 Å². The van der Waals surface area contributed by atoms with Gasteiger partial charge in [0.05, 0.1) is 0 Å². The number of carboxylic acids is 1. The molecule has 0 radical (unpaired) electrons. The fourth-order valence-electron chi connectivity index (χ4n) is 1.25. The average molecular weight is 208 g/mol. The summed E-state index contributed by atoms with van der Waals surface area (Å²) in [4.78, 5) is 10.5. The van der Waals surface area contributed by atoms with Gasteiger partial charge in [-0.25, -0.2) is 4.79 Å². The maximum atomic E-state index is 10.5. The van der Waals surface area contributed by atoms with Crippen molar-refractivity contribution in [2.45, 2.75) is 30.7 Å². The Morgan fingerprint density at radius 1 is 1.21 bits per heavy atom. The number of ether oxygens (including phenoxy) is 2. The van der Waals surface area contributed by atoms with Gasteiger partial charge < -0.3 is 29.9 Å². The molecule has 0 aromatic heterocycles. The van der Waals surface area contributed by atoms with Crippen LogP contribution in [0.4, 0.5) is 0 Å². The quantitative estimate of drug-likeness (QED) is 0.397. The molecule has 1 saturated heterocycles. The van der Waals surface area contributed by atoms with E-state index in [4.69, 9.17) is 9.84 Å². The highest BCUT2D eigenvalue weighted by atomic mass is 16.7. The number of methoxy groups -OCH3 is 1. The minimum Gasteiger partial charge on any atom is -0.479 e. The molecule has 0 amide bonds. The summed E-state index contributed by atoms with van der Waals surface area (Å²) in [6.07, 6.45) is -7.60. The van der Waals surface area contributed by atoms with Crippen LogP contribution in [-0.4, -0.2) is 64.2 Å². The Morgan fingerprint density at radius 3 is 2.21 bits per heavy atom. The minimum atomic E-state index is -1.67. The largest absolute Gasteiger partial charge is 0.479 e. The van der Waals surface area contributed by atoms with Crippen LogP contribution >= 0.6 is 0 Å². The first-order chi connectivity index (χ1) is 6.49. The van der Waals surface area contributed by atoms with E-state index in [1.165, 1.54) is 7.11 Å². The van der Waals surface area contributed by atoms with Gasteiger partial charge in [-0.15, -0.1) is 0 Å². The first-order valence-electron chi connectivity index (χ1n) is 3.94. The van der Waals surface area contributed by atoms with Gasteiger partial charge >= 0.3 is 5.97 Å². The fraction of sp³-hybridized carbons (Fsp3) is 0.857. The van der Waals surface area contributed by atoms with Gasteiger partial charge in [-0.05, 0) is 0 Å². The molecule has 1 aliphatic heterocycles. The van der Waals surface area contributed by atoms with Gasteiger partial charge in [-0.2, -0.15) is 0 Å². The SMILES string of the molecule is CO[C@@H]1OC(C(=O)O)[C@H](O)C(O)C1O. The minimum absolute atomic E-state index is 1.19. The number of carboxylic acid groups (broad SMARTS) is 1. The summed E-state index contributed by atoms with van der Waals surface area (Å²) in [5, 5.41) is 36.3. The van der Waals surface area contributed by atoms with E-state index in [2.05, 4.69) is 4.74 Å². The van der Waals surface area contributed by atoms with E-state index in [1.807, 2.05) is 0 Å². The zero-order valence-corrected chi connectivity index (χ0v) is 7.40. The summed E-state index contributed by atoms with van der Waals surface area (Å²) in [6.45, 7) is 0. The molecule has 5 atom stereocenters.